The molecule has 1 aromatic rings. The van der Waals surface area contributed by atoms with Crippen molar-refractivity contribution in [2.24, 2.45) is 5.92 Å². The largest absolute Gasteiger partial charge is 0.342 e. The highest BCUT2D eigenvalue weighted by molar-refractivity contribution is 5.78. The summed E-state index contributed by atoms with van der Waals surface area (Å²) in [7, 11) is 0. The summed E-state index contributed by atoms with van der Waals surface area (Å²) < 4.78 is 0. The third kappa shape index (κ3) is 5.33. The number of carbonyl (C=O) groups is 1. The van der Waals surface area contributed by atoms with Crippen molar-refractivity contribution in [2.45, 2.75) is 40.2 Å². The van der Waals surface area contributed by atoms with E-state index in [0.717, 1.165) is 19.5 Å². The van der Waals surface area contributed by atoms with Gasteiger partial charge in [0, 0.05) is 19.1 Å². The molecule has 0 aromatic heterocycles. The lowest BCUT2D eigenvalue weighted by Gasteiger charge is -2.24. The molecule has 0 radical (unpaired) electrons. The SMILES string of the molecule is CCN(CC)C(=O)CNC(CC(C)C)c1ccccc1. The van der Waals surface area contributed by atoms with Crippen molar-refractivity contribution >= 4 is 5.91 Å². The second-order valence-corrected chi connectivity index (χ2v) is 5.54. The van der Waals surface area contributed by atoms with E-state index in [0.29, 0.717) is 12.5 Å². The molecule has 0 fully saturated rings. The Labute approximate surface area is 123 Å². The van der Waals surface area contributed by atoms with Gasteiger partial charge in [0.05, 0.1) is 6.54 Å². The summed E-state index contributed by atoms with van der Waals surface area (Å²) in [5, 5.41) is 3.43. The molecule has 3 nitrogen and oxygen atoms in total. The molecule has 0 heterocycles. The van der Waals surface area contributed by atoms with Gasteiger partial charge in [-0.25, -0.2) is 0 Å². The van der Waals surface area contributed by atoms with Gasteiger partial charge in [0.15, 0.2) is 0 Å². The van der Waals surface area contributed by atoms with Crippen molar-refractivity contribution in [1.82, 2.24) is 10.2 Å². The van der Waals surface area contributed by atoms with E-state index in [1.54, 1.807) is 0 Å². The van der Waals surface area contributed by atoms with Crippen LogP contribution in [-0.4, -0.2) is 30.4 Å². The van der Waals surface area contributed by atoms with Crippen molar-refractivity contribution in [3.63, 3.8) is 0 Å². The summed E-state index contributed by atoms with van der Waals surface area (Å²) in [4.78, 5) is 14.0. The molecular formula is C17H28N2O. The van der Waals surface area contributed by atoms with E-state index in [2.05, 4.69) is 43.4 Å². The van der Waals surface area contributed by atoms with Gasteiger partial charge in [0.1, 0.15) is 0 Å². The zero-order valence-electron chi connectivity index (χ0n) is 13.2. The van der Waals surface area contributed by atoms with E-state index < -0.39 is 0 Å². The van der Waals surface area contributed by atoms with Crippen molar-refractivity contribution in [3.05, 3.63) is 35.9 Å². The lowest BCUT2D eigenvalue weighted by Crippen LogP contribution is -2.39. The van der Waals surface area contributed by atoms with Crippen LogP contribution in [0.4, 0.5) is 0 Å². The predicted octanol–water partition coefficient (Wildman–Crippen LogP) is 3.23. The third-order valence-electron chi connectivity index (χ3n) is 3.52. The molecule has 1 N–H and O–H groups in total. The number of nitrogens with one attached hydrogen (secondary N) is 1. The fraction of sp³-hybridized carbons (Fsp3) is 0.588. The van der Waals surface area contributed by atoms with Gasteiger partial charge in [0.25, 0.3) is 0 Å². The molecule has 112 valence electrons. The molecule has 0 bridgehead atoms. The van der Waals surface area contributed by atoms with Gasteiger partial charge in [-0.15, -0.1) is 0 Å². The molecule has 0 aliphatic carbocycles. The Hall–Kier alpha value is -1.35. The molecule has 0 aliphatic heterocycles. The fourth-order valence-corrected chi connectivity index (χ4v) is 2.39. The Morgan fingerprint density at radius 3 is 2.25 bits per heavy atom. The van der Waals surface area contributed by atoms with Crippen LogP contribution in [0.3, 0.4) is 0 Å². The van der Waals surface area contributed by atoms with Gasteiger partial charge in [-0.3, -0.25) is 4.79 Å². The van der Waals surface area contributed by atoms with Crippen LogP contribution in [0.2, 0.25) is 0 Å². The molecule has 1 amide bonds. The molecule has 0 saturated heterocycles. The molecular weight excluding hydrogens is 248 g/mol. The summed E-state index contributed by atoms with van der Waals surface area (Å²) in [5.41, 5.74) is 1.26. The second-order valence-electron chi connectivity index (χ2n) is 5.54. The first-order valence-electron chi connectivity index (χ1n) is 7.64. The minimum atomic E-state index is 0.180. The quantitative estimate of drug-likeness (QED) is 0.790. The smallest absolute Gasteiger partial charge is 0.236 e. The number of amides is 1. The standard InChI is InChI=1S/C17H28N2O/c1-5-19(6-2)17(20)13-18-16(12-14(3)4)15-10-8-7-9-11-15/h7-11,14,16,18H,5-6,12-13H2,1-4H3. The summed E-state index contributed by atoms with van der Waals surface area (Å²) in [5.74, 6) is 0.774. The Bertz CT molecular complexity index is 385. The topological polar surface area (TPSA) is 32.3 Å². The van der Waals surface area contributed by atoms with Crippen LogP contribution >= 0.6 is 0 Å². The number of hydrogen-bond donors (Lipinski definition) is 1. The minimum Gasteiger partial charge on any atom is -0.342 e. The van der Waals surface area contributed by atoms with Gasteiger partial charge in [0.2, 0.25) is 5.91 Å². The van der Waals surface area contributed by atoms with Crippen LogP contribution in [0.1, 0.15) is 45.7 Å². The average molecular weight is 276 g/mol. The van der Waals surface area contributed by atoms with Gasteiger partial charge in [-0.05, 0) is 31.7 Å². The maximum Gasteiger partial charge on any atom is 0.236 e. The lowest BCUT2D eigenvalue weighted by molar-refractivity contribution is -0.130. The average Bonchev–Trinajstić information content (AvgIpc) is 2.45. The van der Waals surface area contributed by atoms with E-state index in [9.17, 15) is 4.79 Å². The van der Waals surface area contributed by atoms with Crippen molar-refractivity contribution in [2.75, 3.05) is 19.6 Å². The van der Waals surface area contributed by atoms with Gasteiger partial charge < -0.3 is 10.2 Å². The first kappa shape index (κ1) is 16.7. The Morgan fingerprint density at radius 1 is 1.15 bits per heavy atom. The Balaban J connectivity index is 2.64. The van der Waals surface area contributed by atoms with Gasteiger partial charge in [-0.2, -0.15) is 0 Å². The lowest BCUT2D eigenvalue weighted by atomic mass is 9.97. The molecule has 1 rings (SSSR count). The zero-order valence-corrected chi connectivity index (χ0v) is 13.2. The monoisotopic (exact) mass is 276 g/mol. The van der Waals surface area contributed by atoms with Crippen molar-refractivity contribution in [1.29, 1.82) is 0 Å². The molecule has 0 saturated carbocycles. The maximum absolute atomic E-state index is 12.1. The highest BCUT2D eigenvalue weighted by Crippen LogP contribution is 2.20. The zero-order chi connectivity index (χ0) is 15.0. The highest BCUT2D eigenvalue weighted by Gasteiger charge is 2.16. The number of benzene rings is 1. The van der Waals surface area contributed by atoms with E-state index in [1.807, 2.05) is 24.8 Å². The number of rotatable bonds is 8. The first-order valence-corrected chi connectivity index (χ1v) is 7.64. The number of likely N-dealkylation sites (N-methyl/N-ethyl adjacent to an activating group) is 1. The van der Waals surface area contributed by atoms with Crippen LogP contribution < -0.4 is 5.32 Å². The summed E-state index contributed by atoms with van der Waals surface area (Å²) in [6, 6.07) is 10.6. The molecule has 1 atom stereocenters. The Kier molecular flexibility index (Phi) is 7.31. The molecule has 3 heteroatoms. The summed E-state index contributed by atoms with van der Waals surface area (Å²) in [6.45, 7) is 10.4. The molecule has 20 heavy (non-hydrogen) atoms. The highest BCUT2D eigenvalue weighted by atomic mass is 16.2. The van der Waals surface area contributed by atoms with Crippen LogP contribution in [0.25, 0.3) is 0 Å². The van der Waals surface area contributed by atoms with Gasteiger partial charge in [-0.1, -0.05) is 44.2 Å². The molecule has 0 spiro atoms. The molecule has 1 aromatic carbocycles. The van der Waals surface area contributed by atoms with Crippen LogP contribution in [0, 0.1) is 5.92 Å². The van der Waals surface area contributed by atoms with E-state index in [4.69, 9.17) is 0 Å². The number of nitrogens with zero attached hydrogens (tertiary/aromatic N) is 1. The molecule has 0 aliphatic rings. The Morgan fingerprint density at radius 2 is 1.75 bits per heavy atom. The van der Waals surface area contributed by atoms with Crippen LogP contribution in [0.5, 0.6) is 0 Å². The summed E-state index contributed by atoms with van der Waals surface area (Å²) >= 11 is 0. The number of hydrogen-bond acceptors (Lipinski definition) is 2. The number of carbonyl (C=O) groups excluding carboxylic acids is 1. The molecule has 1 unspecified atom stereocenters. The second kappa shape index (κ2) is 8.75. The van der Waals surface area contributed by atoms with E-state index >= 15 is 0 Å². The fourth-order valence-electron chi connectivity index (χ4n) is 2.39. The first-order chi connectivity index (χ1) is 9.58. The third-order valence-corrected chi connectivity index (χ3v) is 3.52. The predicted molar refractivity (Wildman–Crippen MR) is 84.6 cm³/mol. The normalized spacial score (nSPS) is 12.4. The van der Waals surface area contributed by atoms with Crippen molar-refractivity contribution in [3.8, 4) is 0 Å². The minimum absolute atomic E-state index is 0.180. The maximum atomic E-state index is 12.1. The van der Waals surface area contributed by atoms with Crippen LogP contribution in [-0.2, 0) is 4.79 Å². The summed E-state index contributed by atoms with van der Waals surface area (Å²) in [6.07, 6.45) is 1.04. The van der Waals surface area contributed by atoms with E-state index in [-0.39, 0.29) is 11.9 Å². The van der Waals surface area contributed by atoms with Gasteiger partial charge >= 0.3 is 0 Å². The van der Waals surface area contributed by atoms with E-state index in [1.165, 1.54) is 5.56 Å². The van der Waals surface area contributed by atoms with Crippen LogP contribution in [0.15, 0.2) is 30.3 Å². The van der Waals surface area contributed by atoms with Crippen molar-refractivity contribution < 1.29 is 4.79 Å².